The van der Waals surface area contributed by atoms with Crippen LogP contribution in [0.1, 0.15) is 85.5 Å². The van der Waals surface area contributed by atoms with Crippen molar-refractivity contribution in [3.05, 3.63) is 0 Å². The van der Waals surface area contributed by atoms with Crippen molar-refractivity contribution in [2.75, 3.05) is 32.8 Å². The summed E-state index contributed by atoms with van der Waals surface area (Å²) in [5.74, 6) is -3.05. The lowest BCUT2D eigenvalue weighted by molar-refractivity contribution is -0.894. The first kappa shape index (κ1) is 32.8. The summed E-state index contributed by atoms with van der Waals surface area (Å²) in [7, 11) is -6.15. The molecule has 0 fully saturated rings. The van der Waals surface area contributed by atoms with Gasteiger partial charge in [0, 0.05) is 6.42 Å². The van der Waals surface area contributed by atoms with Gasteiger partial charge < -0.3 is 18.9 Å². The van der Waals surface area contributed by atoms with Crippen molar-refractivity contribution in [1.82, 2.24) is 0 Å². The number of alkyl halides is 2. The number of esters is 2. The molecule has 1 N–H and O–H groups in total. The van der Waals surface area contributed by atoms with E-state index in [1.54, 1.807) is 4.90 Å². The quantitative estimate of drug-likeness (QED) is 0.190. The molecule has 0 unspecified atom stereocenters. The lowest BCUT2D eigenvalue weighted by Crippen LogP contribution is -3.11. The van der Waals surface area contributed by atoms with Crippen molar-refractivity contribution in [3.8, 4) is 0 Å². The Balaban J connectivity index is 0. The molecule has 0 spiro atoms. The molecule has 0 rings (SSSR count). The van der Waals surface area contributed by atoms with Gasteiger partial charge in [0.1, 0.15) is 13.2 Å². The first-order chi connectivity index (χ1) is 15.0. The molecule has 0 saturated carbocycles. The molecule has 8 nitrogen and oxygen atoms in total. The summed E-state index contributed by atoms with van der Waals surface area (Å²) in [6, 6.07) is 0. The Morgan fingerprint density at radius 3 is 1.66 bits per heavy atom. The molecule has 0 aromatic carbocycles. The van der Waals surface area contributed by atoms with E-state index in [0.717, 1.165) is 19.3 Å². The van der Waals surface area contributed by atoms with E-state index in [2.05, 4.69) is 37.2 Å². The standard InChI is InChI=1S/C15H26F2O7S.C6H15N/c1-2-3-4-5-6-7-8-9-10-13(18)23-11-12-24-14(19)15(16,17)25(20,21)22;1-4-7(5-2)6-3/h2-12H2,1H3,(H,20,21,22);4-6H2,1-3H3. The lowest BCUT2D eigenvalue weighted by atomic mass is 10.1. The van der Waals surface area contributed by atoms with Gasteiger partial charge in [-0.3, -0.25) is 4.79 Å². The van der Waals surface area contributed by atoms with E-state index in [1.165, 1.54) is 45.3 Å². The van der Waals surface area contributed by atoms with Gasteiger partial charge in [-0.15, -0.1) is 0 Å². The molecular weight excluding hydrogens is 448 g/mol. The topological polar surface area (TPSA) is 114 Å². The van der Waals surface area contributed by atoms with E-state index >= 15 is 0 Å². The summed E-state index contributed by atoms with van der Waals surface area (Å²) in [6.07, 6.45) is 8.61. The molecule has 32 heavy (non-hydrogen) atoms. The van der Waals surface area contributed by atoms with Gasteiger partial charge >= 0.3 is 17.2 Å². The van der Waals surface area contributed by atoms with E-state index in [4.69, 9.17) is 0 Å². The van der Waals surface area contributed by atoms with Crippen LogP contribution in [0, 0.1) is 0 Å². The van der Waals surface area contributed by atoms with Crippen LogP contribution in [-0.4, -0.2) is 63.0 Å². The average Bonchev–Trinajstić information content (AvgIpc) is 2.73. The molecular formula is C21H41F2NO7S. The highest BCUT2D eigenvalue weighted by atomic mass is 32.2. The minimum atomic E-state index is -6.15. The SMILES string of the molecule is CCCCCCCCCCC(=O)OCCOC(=O)C(F)(F)S(=O)(=O)[O-].CC[NH+](CC)CC. The maximum absolute atomic E-state index is 12.8. The average molecular weight is 490 g/mol. The Labute approximate surface area is 191 Å². The van der Waals surface area contributed by atoms with Crippen LogP contribution in [0.4, 0.5) is 8.78 Å². The predicted molar refractivity (Wildman–Crippen MR) is 116 cm³/mol. The smallest absolute Gasteiger partial charge is 0.428 e. The van der Waals surface area contributed by atoms with Gasteiger partial charge in [-0.05, 0) is 27.2 Å². The van der Waals surface area contributed by atoms with Gasteiger partial charge in [0.15, 0.2) is 10.1 Å². The van der Waals surface area contributed by atoms with Gasteiger partial charge in [0.05, 0.1) is 19.6 Å². The third kappa shape index (κ3) is 16.3. The van der Waals surface area contributed by atoms with E-state index in [9.17, 15) is 31.3 Å². The van der Waals surface area contributed by atoms with Gasteiger partial charge in [0.2, 0.25) is 0 Å². The molecule has 0 radical (unpaired) electrons. The second-order valence-corrected chi connectivity index (χ2v) is 8.78. The molecule has 11 heteroatoms. The molecule has 192 valence electrons. The second-order valence-electron chi connectivity index (χ2n) is 7.36. The molecule has 0 amide bonds. The zero-order chi connectivity index (χ0) is 25.0. The lowest BCUT2D eigenvalue weighted by Gasteiger charge is -2.17. The van der Waals surface area contributed by atoms with Crippen LogP contribution in [0.2, 0.25) is 0 Å². The largest absolute Gasteiger partial charge is 0.743 e. The van der Waals surface area contributed by atoms with Crippen LogP contribution in [0.5, 0.6) is 0 Å². The highest BCUT2D eigenvalue weighted by Gasteiger charge is 2.48. The summed E-state index contributed by atoms with van der Waals surface area (Å²) in [5.41, 5.74) is 0. The van der Waals surface area contributed by atoms with Crippen molar-refractivity contribution in [2.45, 2.75) is 90.7 Å². The molecule has 0 bridgehead atoms. The molecule has 0 heterocycles. The number of carbonyl (C=O) groups is 2. The number of hydrogen-bond acceptors (Lipinski definition) is 7. The number of nitrogens with one attached hydrogen (secondary N) is 1. The zero-order valence-electron chi connectivity index (χ0n) is 19.9. The Bertz CT molecular complexity index is 591. The van der Waals surface area contributed by atoms with Gasteiger partial charge in [-0.2, -0.15) is 8.78 Å². The molecule has 0 aromatic rings. The molecule has 0 aliphatic carbocycles. The van der Waals surface area contributed by atoms with Crippen LogP contribution in [0.25, 0.3) is 0 Å². The first-order valence-corrected chi connectivity index (χ1v) is 12.9. The van der Waals surface area contributed by atoms with Crippen LogP contribution >= 0.6 is 0 Å². The number of quaternary nitrogens is 1. The second kappa shape index (κ2) is 19.2. The van der Waals surface area contributed by atoms with Gasteiger partial charge in [-0.1, -0.05) is 51.9 Å². The minimum Gasteiger partial charge on any atom is -0.743 e. The molecule has 0 saturated heterocycles. The van der Waals surface area contributed by atoms with Crippen molar-refractivity contribution in [1.29, 1.82) is 0 Å². The summed E-state index contributed by atoms with van der Waals surface area (Å²) < 4.78 is 64.7. The number of halogens is 2. The highest BCUT2D eigenvalue weighted by Crippen LogP contribution is 2.21. The fourth-order valence-electron chi connectivity index (χ4n) is 2.70. The first-order valence-electron chi connectivity index (χ1n) is 11.5. The summed E-state index contributed by atoms with van der Waals surface area (Å²) in [5, 5.41) is -5.16. The third-order valence-corrected chi connectivity index (χ3v) is 5.66. The summed E-state index contributed by atoms with van der Waals surface area (Å²) >= 11 is 0. The van der Waals surface area contributed by atoms with Crippen LogP contribution < -0.4 is 4.90 Å². The van der Waals surface area contributed by atoms with Crippen LogP contribution in [-0.2, 0) is 29.2 Å². The van der Waals surface area contributed by atoms with E-state index < -0.39 is 40.5 Å². The molecule has 0 aliphatic heterocycles. The number of unbranched alkanes of at least 4 members (excludes halogenated alkanes) is 7. The number of carbonyl (C=O) groups excluding carboxylic acids is 2. The Hall–Kier alpha value is -1.33. The summed E-state index contributed by atoms with van der Waals surface area (Å²) in [4.78, 5) is 23.8. The van der Waals surface area contributed by atoms with Crippen LogP contribution in [0.15, 0.2) is 0 Å². The van der Waals surface area contributed by atoms with Crippen LogP contribution in [0.3, 0.4) is 0 Å². The van der Waals surface area contributed by atoms with E-state index in [0.29, 0.717) is 6.42 Å². The Morgan fingerprint density at radius 1 is 0.812 bits per heavy atom. The van der Waals surface area contributed by atoms with Gasteiger partial charge in [0.25, 0.3) is 0 Å². The zero-order valence-corrected chi connectivity index (χ0v) is 20.7. The van der Waals surface area contributed by atoms with Crippen molar-refractivity contribution in [2.24, 2.45) is 0 Å². The van der Waals surface area contributed by atoms with E-state index in [1.807, 2.05) is 0 Å². The normalized spacial score (nSPS) is 11.6. The maximum Gasteiger partial charge on any atom is 0.428 e. The predicted octanol–water partition coefficient (Wildman–Crippen LogP) is 2.67. The maximum atomic E-state index is 12.8. The highest BCUT2D eigenvalue weighted by molar-refractivity contribution is 7.87. The fourth-order valence-corrected chi connectivity index (χ4v) is 2.96. The Morgan fingerprint density at radius 2 is 1.25 bits per heavy atom. The molecule has 0 aromatic heterocycles. The number of hydrogen-bond donors (Lipinski definition) is 1. The van der Waals surface area contributed by atoms with Crippen molar-refractivity contribution < 1.29 is 45.7 Å². The number of ether oxygens (including phenoxy) is 2. The third-order valence-electron chi connectivity index (χ3n) is 4.87. The minimum absolute atomic E-state index is 0.161. The fraction of sp³-hybridized carbons (Fsp3) is 0.905. The van der Waals surface area contributed by atoms with E-state index in [-0.39, 0.29) is 6.42 Å². The number of rotatable bonds is 17. The monoisotopic (exact) mass is 489 g/mol. The summed E-state index contributed by atoms with van der Waals surface area (Å²) in [6.45, 7) is 11.4. The molecule has 0 atom stereocenters. The van der Waals surface area contributed by atoms with Gasteiger partial charge in [-0.25, -0.2) is 13.2 Å². The Kier molecular flexibility index (Phi) is 19.7. The van der Waals surface area contributed by atoms with Crippen molar-refractivity contribution >= 4 is 22.1 Å². The molecule has 0 aliphatic rings. The van der Waals surface area contributed by atoms with Crippen molar-refractivity contribution in [3.63, 3.8) is 0 Å².